The van der Waals surface area contributed by atoms with E-state index in [-0.39, 0.29) is 18.6 Å². The first-order valence-electron chi connectivity index (χ1n) is 7.86. The minimum atomic E-state index is -0.112. The van der Waals surface area contributed by atoms with Crippen molar-refractivity contribution in [3.05, 3.63) is 29.7 Å². The van der Waals surface area contributed by atoms with Gasteiger partial charge in [0.15, 0.2) is 6.61 Å². The smallest absolute Gasteiger partial charge is 0.258 e. The highest BCUT2D eigenvalue weighted by Crippen LogP contribution is 2.27. The van der Waals surface area contributed by atoms with Gasteiger partial charge >= 0.3 is 0 Å². The number of nitrogens with one attached hydrogen (secondary N) is 1. The molecular formula is C17H21N3O3. The topological polar surface area (TPSA) is 73.3 Å². The molecule has 1 saturated heterocycles. The molecule has 122 valence electrons. The Morgan fingerprint density at radius 2 is 2.13 bits per heavy atom. The van der Waals surface area contributed by atoms with Gasteiger partial charge in [-0.3, -0.25) is 4.79 Å². The number of hydrogen-bond acceptors (Lipinski definition) is 5. The van der Waals surface area contributed by atoms with Crippen molar-refractivity contribution in [2.45, 2.75) is 32.7 Å². The van der Waals surface area contributed by atoms with E-state index < -0.39 is 0 Å². The number of carbonyl (C=O) groups is 1. The molecule has 0 radical (unpaired) electrons. The molecule has 0 spiro atoms. The number of aryl methyl sites for hydroxylation is 2. The second-order valence-corrected chi connectivity index (χ2v) is 5.81. The molecule has 6 heteroatoms. The molecule has 1 aliphatic rings. The van der Waals surface area contributed by atoms with Crippen LogP contribution in [0.25, 0.3) is 10.9 Å². The van der Waals surface area contributed by atoms with Crippen molar-refractivity contribution in [3.63, 3.8) is 0 Å². The summed E-state index contributed by atoms with van der Waals surface area (Å²) in [6.07, 6.45) is 3.48. The van der Waals surface area contributed by atoms with Gasteiger partial charge in [-0.2, -0.15) is 0 Å². The Balaban J connectivity index is 1.69. The summed E-state index contributed by atoms with van der Waals surface area (Å²) in [7, 11) is 0. The number of amides is 1. The predicted octanol–water partition coefficient (Wildman–Crippen LogP) is 1.92. The fraction of sp³-hybridized carbons (Fsp3) is 0.471. The van der Waals surface area contributed by atoms with Crippen LogP contribution in [-0.4, -0.2) is 41.7 Å². The van der Waals surface area contributed by atoms with E-state index in [9.17, 15) is 4.79 Å². The van der Waals surface area contributed by atoms with Gasteiger partial charge in [0.05, 0.1) is 0 Å². The molecule has 1 fully saturated rings. The first-order chi connectivity index (χ1) is 11.1. The number of rotatable bonds is 4. The molecule has 0 unspecified atom stereocenters. The number of fused-ring (bicyclic) bond motifs is 1. The summed E-state index contributed by atoms with van der Waals surface area (Å²) < 4.78 is 11.1. The lowest BCUT2D eigenvalue weighted by atomic mass is 10.1. The summed E-state index contributed by atoms with van der Waals surface area (Å²) in [5.41, 5.74) is 1.70. The van der Waals surface area contributed by atoms with Gasteiger partial charge in [0.2, 0.25) is 0 Å². The molecule has 0 atom stereocenters. The maximum Gasteiger partial charge on any atom is 0.258 e. The standard InChI is InChI=1S/C17H21N3O3/c1-11-3-4-13-9-18-12(2)19-16(13)17(11)23-10-15(21)20-14-5-7-22-8-6-14/h3-4,9,14H,5-8,10H2,1-2H3,(H,20,21). The van der Waals surface area contributed by atoms with E-state index >= 15 is 0 Å². The second kappa shape index (κ2) is 6.91. The van der Waals surface area contributed by atoms with Gasteiger partial charge in [-0.1, -0.05) is 12.1 Å². The molecular weight excluding hydrogens is 294 g/mol. The first kappa shape index (κ1) is 15.7. The van der Waals surface area contributed by atoms with Crippen LogP contribution in [0, 0.1) is 13.8 Å². The van der Waals surface area contributed by atoms with Crippen LogP contribution in [-0.2, 0) is 9.53 Å². The molecule has 1 aliphatic heterocycles. The normalized spacial score (nSPS) is 15.6. The maximum atomic E-state index is 12.1. The Morgan fingerprint density at radius 1 is 1.35 bits per heavy atom. The Hall–Kier alpha value is -2.21. The van der Waals surface area contributed by atoms with Gasteiger partial charge in [0, 0.05) is 30.8 Å². The summed E-state index contributed by atoms with van der Waals surface area (Å²) in [5.74, 6) is 1.22. The predicted molar refractivity (Wildman–Crippen MR) is 86.5 cm³/mol. The third-order valence-electron chi connectivity index (χ3n) is 3.96. The zero-order chi connectivity index (χ0) is 16.2. The summed E-state index contributed by atoms with van der Waals surface area (Å²) in [4.78, 5) is 20.7. The van der Waals surface area contributed by atoms with Gasteiger partial charge in [-0.25, -0.2) is 9.97 Å². The van der Waals surface area contributed by atoms with Crippen molar-refractivity contribution in [2.75, 3.05) is 19.8 Å². The maximum absolute atomic E-state index is 12.1. The van der Waals surface area contributed by atoms with Crippen LogP contribution < -0.4 is 10.1 Å². The van der Waals surface area contributed by atoms with Gasteiger partial charge in [0.1, 0.15) is 17.1 Å². The number of hydrogen-bond donors (Lipinski definition) is 1. The largest absolute Gasteiger partial charge is 0.481 e. The third kappa shape index (κ3) is 3.76. The van der Waals surface area contributed by atoms with Crippen molar-refractivity contribution < 1.29 is 14.3 Å². The van der Waals surface area contributed by atoms with Crippen molar-refractivity contribution in [1.29, 1.82) is 0 Å². The molecule has 1 amide bonds. The summed E-state index contributed by atoms with van der Waals surface area (Å²) >= 11 is 0. The highest BCUT2D eigenvalue weighted by atomic mass is 16.5. The molecule has 3 rings (SSSR count). The van der Waals surface area contributed by atoms with Crippen LogP contribution in [0.5, 0.6) is 5.75 Å². The van der Waals surface area contributed by atoms with E-state index in [1.807, 2.05) is 26.0 Å². The van der Waals surface area contributed by atoms with Crippen LogP contribution >= 0.6 is 0 Å². The van der Waals surface area contributed by atoms with Crippen LogP contribution in [0.2, 0.25) is 0 Å². The van der Waals surface area contributed by atoms with E-state index in [0.29, 0.717) is 24.8 Å². The second-order valence-electron chi connectivity index (χ2n) is 5.81. The molecule has 2 aromatic rings. The van der Waals surface area contributed by atoms with E-state index in [1.54, 1.807) is 6.20 Å². The summed E-state index contributed by atoms with van der Waals surface area (Å²) in [6, 6.07) is 4.09. The Labute approximate surface area is 135 Å². The minimum Gasteiger partial charge on any atom is -0.481 e. The Kier molecular flexibility index (Phi) is 4.71. The lowest BCUT2D eigenvalue weighted by Gasteiger charge is -2.23. The molecule has 0 aliphatic carbocycles. The number of benzene rings is 1. The molecule has 6 nitrogen and oxygen atoms in total. The van der Waals surface area contributed by atoms with Gasteiger partial charge in [0.25, 0.3) is 5.91 Å². The molecule has 1 N–H and O–H groups in total. The summed E-state index contributed by atoms with van der Waals surface area (Å²) in [5, 5.41) is 3.90. The zero-order valence-electron chi connectivity index (χ0n) is 13.5. The van der Waals surface area contributed by atoms with Crippen LogP contribution in [0.15, 0.2) is 18.3 Å². The SMILES string of the molecule is Cc1ncc2ccc(C)c(OCC(=O)NC3CCOCC3)c2n1. The van der Waals surface area contributed by atoms with Gasteiger partial charge in [-0.15, -0.1) is 0 Å². The third-order valence-corrected chi connectivity index (χ3v) is 3.96. The fourth-order valence-corrected chi connectivity index (χ4v) is 2.69. The number of aromatic nitrogens is 2. The highest BCUT2D eigenvalue weighted by molar-refractivity contribution is 5.86. The number of carbonyl (C=O) groups excluding carboxylic acids is 1. The fourth-order valence-electron chi connectivity index (χ4n) is 2.69. The van der Waals surface area contributed by atoms with E-state index in [2.05, 4.69) is 15.3 Å². The van der Waals surface area contributed by atoms with E-state index in [1.165, 1.54) is 0 Å². The zero-order valence-corrected chi connectivity index (χ0v) is 13.5. The highest BCUT2D eigenvalue weighted by Gasteiger charge is 2.17. The van der Waals surface area contributed by atoms with Crippen molar-refractivity contribution in [3.8, 4) is 5.75 Å². The first-order valence-corrected chi connectivity index (χ1v) is 7.86. The number of ether oxygens (including phenoxy) is 2. The van der Waals surface area contributed by atoms with E-state index in [0.717, 1.165) is 29.3 Å². The average molecular weight is 315 g/mol. The average Bonchev–Trinajstić information content (AvgIpc) is 2.55. The summed E-state index contributed by atoms with van der Waals surface area (Å²) in [6.45, 7) is 5.17. The molecule has 0 bridgehead atoms. The van der Waals surface area contributed by atoms with Crippen molar-refractivity contribution in [2.24, 2.45) is 0 Å². The molecule has 23 heavy (non-hydrogen) atoms. The van der Waals surface area contributed by atoms with Crippen molar-refractivity contribution in [1.82, 2.24) is 15.3 Å². The lowest BCUT2D eigenvalue weighted by molar-refractivity contribution is -0.124. The van der Waals surface area contributed by atoms with Crippen molar-refractivity contribution >= 4 is 16.8 Å². The van der Waals surface area contributed by atoms with Crippen LogP contribution in [0.3, 0.4) is 0 Å². The van der Waals surface area contributed by atoms with Gasteiger partial charge in [-0.05, 0) is 32.3 Å². The monoisotopic (exact) mass is 315 g/mol. The minimum absolute atomic E-state index is 0.0135. The molecule has 2 heterocycles. The Morgan fingerprint density at radius 3 is 2.91 bits per heavy atom. The van der Waals surface area contributed by atoms with Gasteiger partial charge < -0.3 is 14.8 Å². The molecule has 1 aromatic heterocycles. The number of nitrogens with zero attached hydrogens (tertiary/aromatic N) is 2. The quantitative estimate of drug-likeness (QED) is 0.933. The molecule has 1 aromatic carbocycles. The molecule has 0 saturated carbocycles. The Bertz CT molecular complexity index is 706. The lowest BCUT2D eigenvalue weighted by Crippen LogP contribution is -2.41. The van der Waals surface area contributed by atoms with Crippen LogP contribution in [0.4, 0.5) is 0 Å². The van der Waals surface area contributed by atoms with E-state index in [4.69, 9.17) is 9.47 Å². The van der Waals surface area contributed by atoms with Crippen LogP contribution in [0.1, 0.15) is 24.2 Å².